The molecular weight excluding hydrogens is 284 g/mol. The van der Waals surface area contributed by atoms with Crippen LogP contribution in [0.5, 0.6) is 0 Å². The lowest BCUT2D eigenvalue weighted by Gasteiger charge is -2.25. The third-order valence-corrected chi connectivity index (χ3v) is 5.90. The number of halogens is 1. The van der Waals surface area contributed by atoms with Gasteiger partial charge < -0.3 is 5.11 Å². The van der Waals surface area contributed by atoms with Crippen LogP contribution in [0.3, 0.4) is 0 Å². The molecule has 4 unspecified atom stereocenters. The van der Waals surface area contributed by atoms with Crippen molar-refractivity contribution in [2.75, 3.05) is 0 Å². The Kier molecular flexibility index (Phi) is 3.05. The highest BCUT2D eigenvalue weighted by atomic mass is 35.5. The molecule has 1 aromatic heterocycles. The first kappa shape index (κ1) is 13.6. The topological polar surface area (TPSA) is 48.9 Å². The van der Waals surface area contributed by atoms with Crippen molar-refractivity contribution in [3.63, 3.8) is 0 Å². The second-order valence-corrected chi connectivity index (χ2v) is 7.75. The number of nitrogens with one attached hydrogen (secondary N) is 1. The molecule has 4 atom stereocenters. The molecule has 4 heteroatoms. The molecule has 2 aliphatic carbocycles. The molecule has 2 aliphatic rings. The van der Waals surface area contributed by atoms with Crippen LogP contribution < -0.4 is 0 Å². The molecule has 1 saturated carbocycles. The minimum absolute atomic E-state index is 0.158. The van der Waals surface area contributed by atoms with Crippen LogP contribution in [-0.2, 0) is 12.8 Å². The fourth-order valence-electron chi connectivity index (χ4n) is 4.58. The summed E-state index contributed by atoms with van der Waals surface area (Å²) in [4.78, 5) is 0. The minimum atomic E-state index is -0.372. The summed E-state index contributed by atoms with van der Waals surface area (Å²) in [6.45, 7) is 1.90. The van der Waals surface area contributed by atoms with E-state index in [1.54, 1.807) is 0 Å². The lowest BCUT2D eigenvalue weighted by molar-refractivity contribution is 0.102. The number of benzene rings is 1. The zero-order chi connectivity index (χ0) is 14.6. The Labute approximate surface area is 129 Å². The second-order valence-electron chi connectivity index (χ2n) is 7.06. The van der Waals surface area contributed by atoms with Gasteiger partial charge in [-0.15, -0.1) is 11.6 Å². The molecule has 112 valence electrons. The number of aromatic nitrogens is 2. The third kappa shape index (κ3) is 2.09. The number of nitrogens with zero attached hydrogens (tertiary/aromatic N) is 1. The SMILES string of the molecule is CC(Cl)C(O)C1CCC2(Cc3ccc4[nH]ncc4c3C2)C1. The molecule has 0 bridgehead atoms. The highest BCUT2D eigenvalue weighted by Crippen LogP contribution is 2.53. The zero-order valence-corrected chi connectivity index (χ0v) is 13.0. The summed E-state index contributed by atoms with van der Waals surface area (Å²) >= 11 is 6.09. The smallest absolute Gasteiger partial charge is 0.0729 e. The van der Waals surface area contributed by atoms with Crippen LogP contribution in [0.1, 0.15) is 37.3 Å². The lowest BCUT2D eigenvalue weighted by atomic mass is 9.81. The normalized spacial score (nSPS) is 30.9. The van der Waals surface area contributed by atoms with Crippen LogP contribution in [0.15, 0.2) is 18.3 Å². The van der Waals surface area contributed by atoms with E-state index in [1.807, 2.05) is 13.1 Å². The quantitative estimate of drug-likeness (QED) is 0.835. The molecule has 1 fully saturated rings. The van der Waals surface area contributed by atoms with E-state index in [1.165, 1.54) is 22.9 Å². The fraction of sp³-hybridized carbons (Fsp3) is 0.588. The van der Waals surface area contributed by atoms with E-state index in [0.29, 0.717) is 11.3 Å². The molecule has 21 heavy (non-hydrogen) atoms. The molecular formula is C17H21ClN2O. The summed E-state index contributed by atoms with van der Waals surface area (Å²) < 4.78 is 0. The number of hydrogen-bond donors (Lipinski definition) is 2. The van der Waals surface area contributed by atoms with Gasteiger partial charge in [-0.1, -0.05) is 6.07 Å². The van der Waals surface area contributed by atoms with Gasteiger partial charge in [0.25, 0.3) is 0 Å². The number of fused-ring (bicyclic) bond motifs is 3. The number of aliphatic hydroxyl groups is 1. The van der Waals surface area contributed by atoms with Gasteiger partial charge >= 0.3 is 0 Å². The van der Waals surface area contributed by atoms with Crippen molar-refractivity contribution < 1.29 is 5.11 Å². The predicted molar refractivity (Wildman–Crippen MR) is 84.6 cm³/mol. The molecule has 0 amide bonds. The number of aliphatic hydroxyl groups excluding tert-OH is 1. The Hall–Kier alpha value is -1.06. The highest BCUT2D eigenvalue weighted by molar-refractivity contribution is 6.20. The number of H-pyrrole nitrogens is 1. The standard InChI is InChI=1S/C17H21ClN2O/c1-10(18)16(21)12-4-5-17(7-12)6-11-2-3-15-14(9-19-20-15)13(11)8-17/h2-3,9-10,12,16,21H,4-8H2,1H3,(H,19,20). The molecule has 0 saturated heterocycles. The molecule has 1 spiro atoms. The van der Waals surface area contributed by atoms with E-state index in [0.717, 1.165) is 31.2 Å². The van der Waals surface area contributed by atoms with Gasteiger partial charge in [-0.25, -0.2) is 0 Å². The van der Waals surface area contributed by atoms with Crippen molar-refractivity contribution in [3.05, 3.63) is 29.5 Å². The van der Waals surface area contributed by atoms with Gasteiger partial charge in [-0.2, -0.15) is 5.10 Å². The number of hydrogen-bond acceptors (Lipinski definition) is 2. The Morgan fingerprint density at radius 3 is 3.10 bits per heavy atom. The summed E-state index contributed by atoms with van der Waals surface area (Å²) in [5, 5.41) is 18.6. The monoisotopic (exact) mass is 304 g/mol. The molecule has 1 aromatic carbocycles. The van der Waals surface area contributed by atoms with Crippen LogP contribution in [0.25, 0.3) is 10.9 Å². The predicted octanol–water partition coefficient (Wildman–Crippen LogP) is 3.44. The van der Waals surface area contributed by atoms with Crippen LogP contribution in [0.2, 0.25) is 0 Å². The first-order chi connectivity index (χ1) is 10.1. The molecule has 0 aliphatic heterocycles. The molecule has 2 aromatic rings. The van der Waals surface area contributed by atoms with Crippen LogP contribution in [0, 0.1) is 11.3 Å². The maximum absolute atomic E-state index is 10.3. The summed E-state index contributed by atoms with van der Waals surface area (Å²) in [5.74, 6) is 0.353. The van der Waals surface area contributed by atoms with Gasteiger partial charge in [-0.3, -0.25) is 5.10 Å². The Morgan fingerprint density at radius 1 is 1.43 bits per heavy atom. The Bertz CT molecular complexity index is 680. The van der Waals surface area contributed by atoms with Crippen molar-refractivity contribution in [1.29, 1.82) is 0 Å². The Morgan fingerprint density at radius 2 is 2.29 bits per heavy atom. The van der Waals surface area contributed by atoms with E-state index in [-0.39, 0.29) is 11.5 Å². The van der Waals surface area contributed by atoms with Crippen molar-refractivity contribution >= 4 is 22.5 Å². The third-order valence-electron chi connectivity index (χ3n) is 5.64. The second kappa shape index (κ2) is 4.72. The highest BCUT2D eigenvalue weighted by Gasteiger charge is 2.46. The maximum Gasteiger partial charge on any atom is 0.0729 e. The molecule has 4 rings (SSSR count). The van der Waals surface area contributed by atoms with E-state index in [4.69, 9.17) is 11.6 Å². The molecule has 1 heterocycles. The minimum Gasteiger partial charge on any atom is -0.391 e. The number of aromatic amines is 1. The lowest BCUT2D eigenvalue weighted by Crippen LogP contribution is -2.28. The van der Waals surface area contributed by atoms with Gasteiger partial charge in [0, 0.05) is 5.39 Å². The summed E-state index contributed by atoms with van der Waals surface area (Å²) in [6, 6.07) is 4.39. The van der Waals surface area contributed by atoms with E-state index >= 15 is 0 Å². The largest absolute Gasteiger partial charge is 0.391 e. The van der Waals surface area contributed by atoms with Gasteiger partial charge in [0.2, 0.25) is 0 Å². The molecule has 2 N–H and O–H groups in total. The summed E-state index contributed by atoms with van der Waals surface area (Å²) in [6.07, 6.45) is 7.24. The van der Waals surface area contributed by atoms with Gasteiger partial charge in [-0.05, 0) is 67.6 Å². The number of rotatable bonds is 2. The maximum atomic E-state index is 10.3. The van der Waals surface area contributed by atoms with E-state index in [9.17, 15) is 5.11 Å². The molecule has 0 radical (unpaired) electrons. The summed E-state index contributed by atoms with van der Waals surface area (Å²) in [7, 11) is 0. The van der Waals surface area contributed by atoms with Crippen molar-refractivity contribution in [2.45, 2.75) is 50.5 Å². The fourth-order valence-corrected chi connectivity index (χ4v) is 4.78. The van der Waals surface area contributed by atoms with Crippen LogP contribution >= 0.6 is 11.6 Å². The van der Waals surface area contributed by atoms with E-state index in [2.05, 4.69) is 22.3 Å². The summed E-state index contributed by atoms with van der Waals surface area (Å²) in [5.41, 5.74) is 4.41. The first-order valence-corrected chi connectivity index (χ1v) is 8.28. The van der Waals surface area contributed by atoms with Gasteiger partial charge in [0.15, 0.2) is 0 Å². The first-order valence-electron chi connectivity index (χ1n) is 7.84. The molecule has 3 nitrogen and oxygen atoms in total. The van der Waals surface area contributed by atoms with Crippen LogP contribution in [-0.4, -0.2) is 26.8 Å². The van der Waals surface area contributed by atoms with Crippen molar-refractivity contribution in [3.8, 4) is 0 Å². The van der Waals surface area contributed by atoms with Gasteiger partial charge in [0.05, 0.1) is 23.2 Å². The Balaban J connectivity index is 1.62. The van der Waals surface area contributed by atoms with Gasteiger partial charge in [0.1, 0.15) is 0 Å². The van der Waals surface area contributed by atoms with Crippen molar-refractivity contribution in [2.24, 2.45) is 11.3 Å². The zero-order valence-electron chi connectivity index (χ0n) is 12.3. The van der Waals surface area contributed by atoms with E-state index < -0.39 is 0 Å². The van der Waals surface area contributed by atoms with Crippen molar-refractivity contribution in [1.82, 2.24) is 10.2 Å². The average molecular weight is 305 g/mol. The average Bonchev–Trinajstić information content (AvgIpc) is 3.15. The van der Waals surface area contributed by atoms with Crippen LogP contribution in [0.4, 0.5) is 0 Å². The number of alkyl halides is 1.